The van der Waals surface area contributed by atoms with Gasteiger partial charge in [-0.1, -0.05) is 0 Å². The maximum absolute atomic E-state index is 2.28. The van der Waals surface area contributed by atoms with E-state index in [4.69, 9.17) is 0 Å². The van der Waals surface area contributed by atoms with Gasteiger partial charge in [0.15, 0.2) is 0 Å². The van der Waals surface area contributed by atoms with Crippen LogP contribution in [0.3, 0.4) is 0 Å². The second-order valence-corrected chi connectivity index (χ2v) is 6.71. The molecule has 0 N–H and O–H groups in total. The molecular formula is CH10LiNSi2. The van der Waals surface area contributed by atoms with E-state index < -0.39 is 0 Å². The van der Waals surface area contributed by atoms with Crippen LogP contribution in [0.2, 0.25) is 0 Å². The van der Waals surface area contributed by atoms with E-state index in [2.05, 4.69) is 11.3 Å². The molecule has 0 aromatic heterocycles. The molecule has 0 rings (SSSR count). The van der Waals surface area contributed by atoms with Gasteiger partial charge in [0.1, 0.15) is 0 Å². The Kier molecular flexibility index (Phi) is 9.35. The van der Waals surface area contributed by atoms with Gasteiger partial charge in [0, 0.05) is 0 Å². The van der Waals surface area contributed by atoms with Crippen molar-refractivity contribution in [3.63, 3.8) is 0 Å². The zero-order valence-corrected chi connectivity index (χ0v) is 8.45. The van der Waals surface area contributed by atoms with Gasteiger partial charge in [-0.2, -0.15) is 0 Å². The first kappa shape index (κ1) is 9.37. The Hall–Kier alpha value is 0.991. The third kappa shape index (κ3) is 45.5. The molecule has 0 aromatic rings. The summed E-state index contributed by atoms with van der Waals surface area (Å²) in [4.78, 5) is 0. The SMILES string of the molecule is CN([SiH3])[SiH3].[H-].[Li+]. The number of hydrogen-bond acceptors (Lipinski definition) is 1. The van der Waals surface area contributed by atoms with E-state index in [9.17, 15) is 0 Å². The van der Waals surface area contributed by atoms with E-state index >= 15 is 0 Å². The monoisotopic (exact) mass is 99.1 g/mol. The van der Waals surface area contributed by atoms with Crippen molar-refractivity contribution in [2.75, 3.05) is 7.05 Å². The molecule has 0 fully saturated rings. The van der Waals surface area contributed by atoms with Crippen molar-refractivity contribution in [2.24, 2.45) is 0 Å². The minimum absolute atomic E-state index is 0. The fourth-order valence-corrected chi connectivity index (χ4v) is 0. The maximum Gasteiger partial charge on any atom is 1.00 e. The fraction of sp³-hybridized carbons (Fsp3) is 1.00. The molecule has 0 saturated heterocycles. The molecule has 0 heterocycles. The van der Waals surface area contributed by atoms with Gasteiger partial charge in [0.05, 0.1) is 20.8 Å². The molecule has 0 saturated carbocycles. The Bertz CT molecular complexity index is 18.3. The zero-order chi connectivity index (χ0) is 3.58. The zero-order valence-electron chi connectivity index (χ0n) is 5.45. The van der Waals surface area contributed by atoms with E-state index in [1.165, 1.54) is 20.8 Å². The van der Waals surface area contributed by atoms with Crippen molar-refractivity contribution in [3.05, 3.63) is 0 Å². The molecule has 28 valence electrons. The van der Waals surface area contributed by atoms with Crippen LogP contribution in [0.5, 0.6) is 0 Å². The molecule has 4 heteroatoms. The quantitative estimate of drug-likeness (QED) is 0.274. The molecule has 1 nitrogen and oxygen atoms in total. The second kappa shape index (κ2) is 4.99. The Morgan fingerprint density at radius 3 is 1.60 bits per heavy atom. The fourth-order valence-electron chi connectivity index (χ4n) is 0. The molecule has 0 unspecified atom stereocenters. The van der Waals surface area contributed by atoms with Gasteiger partial charge in [-0.05, 0) is 7.05 Å². The summed E-state index contributed by atoms with van der Waals surface area (Å²) < 4.78 is 2.28. The van der Waals surface area contributed by atoms with Crippen LogP contribution in [0.25, 0.3) is 0 Å². The Balaban J connectivity index is -0.0000000450. The number of hydrogen-bond donors (Lipinski definition) is 0. The van der Waals surface area contributed by atoms with Gasteiger partial charge in [0.25, 0.3) is 0 Å². The Morgan fingerprint density at radius 1 is 1.60 bits per heavy atom. The standard InChI is InChI=1S/CH9NSi2.Li.H/c1-2(3)4;;/h1,3-4H3;;/q;+1;-1. The number of rotatable bonds is 0. The van der Waals surface area contributed by atoms with Crippen LogP contribution in [0.1, 0.15) is 1.43 Å². The van der Waals surface area contributed by atoms with E-state index in [-0.39, 0.29) is 20.3 Å². The normalized spacial score (nSPS) is 8.40. The van der Waals surface area contributed by atoms with Gasteiger partial charge in [0.2, 0.25) is 0 Å². The van der Waals surface area contributed by atoms with Crippen molar-refractivity contribution in [3.8, 4) is 0 Å². The van der Waals surface area contributed by atoms with Crippen LogP contribution in [0.15, 0.2) is 0 Å². The molecule has 0 spiro atoms. The summed E-state index contributed by atoms with van der Waals surface area (Å²) in [6.45, 7) is 0. The van der Waals surface area contributed by atoms with Crippen molar-refractivity contribution in [1.82, 2.24) is 4.23 Å². The molecule has 5 heavy (non-hydrogen) atoms. The second-order valence-electron chi connectivity index (χ2n) is 1.34. The van der Waals surface area contributed by atoms with Crippen LogP contribution in [-0.2, 0) is 0 Å². The molecule has 0 atom stereocenters. The predicted octanol–water partition coefficient (Wildman–Crippen LogP) is -5.40. The largest absolute Gasteiger partial charge is 1.00 e. The molecule has 0 aliphatic rings. The molecular weight excluding hydrogens is 89.1 g/mol. The van der Waals surface area contributed by atoms with Crippen LogP contribution < -0.4 is 18.9 Å². The first-order valence-electron chi connectivity index (χ1n) is 1.34. The summed E-state index contributed by atoms with van der Waals surface area (Å²) in [5.74, 6) is 0. The van der Waals surface area contributed by atoms with Crippen molar-refractivity contribution < 1.29 is 20.3 Å². The molecule has 0 aromatic carbocycles. The molecule has 0 amide bonds. The maximum atomic E-state index is 2.28. The van der Waals surface area contributed by atoms with Gasteiger partial charge in [-0.3, -0.25) is 0 Å². The van der Waals surface area contributed by atoms with Crippen molar-refractivity contribution >= 4 is 20.8 Å². The van der Waals surface area contributed by atoms with Gasteiger partial charge >= 0.3 is 18.9 Å². The smallest absolute Gasteiger partial charge is 1.00 e. The average Bonchev–Trinajstić information content (AvgIpc) is 0.811. The van der Waals surface area contributed by atoms with E-state index in [1.54, 1.807) is 0 Å². The minimum Gasteiger partial charge on any atom is -1.00 e. The molecule has 0 bridgehead atoms. The first-order valence-corrected chi connectivity index (χ1v) is 3.13. The minimum atomic E-state index is 0. The molecule has 0 aliphatic heterocycles. The van der Waals surface area contributed by atoms with Gasteiger partial charge in [-0.15, -0.1) is 0 Å². The molecule has 0 radical (unpaired) electrons. The third-order valence-corrected chi connectivity index (χ3v) is 0. The topological polar surface area (TPSA) is 3.24 Å². The Morgan fingerprint density at radius 2 is 1.60 bits per heavy atom. The van der Waals surface area contributed by atoms with E-state index in [0.29, 0.717) is 0 Å². The summed E-state index contributed by atoms with van der Waals surface area (Å²) in [7, 11) is 4.61. The predicted molar refractivity (Wildman–Crippen MR) is 28.8 cm³/mol. The van der Waals surface area contributed by atoms with E-state index in [1.807, 2.05) is 0 Å². The Labute approximate surface area is 52.8 Å². The van der Waals surface area contributed by atoms with E-state index in [0.717, 1.165) is 0 Å². The first-order chi connectivity index (χ1) is 1.73. The third-order valence-electron chi connectivity index (χ3n) is 0. The van der Waals surface area contributed by atoms with Gasteiger partial charge in [-0.25, -0.2) is 0 Å². The van der Waals surface area contributed by atoms with Gasteiger partial charge < -0.3 is 5.66 Å². The number of nitrogens with zero attached hydrogens (tertiary/aromatic N) is 1. The van der Waals surface area contributed by atoms with Crippen LogP contribution >= 0.6 is 0 Å². The summed E-state index contributed by atoms with van der Waals surface area (Å²) in [5.41, 5.74) is 0. The summed E-state index contributed by atoms with van der Waals surface area (Å²) in [6, 6.07) is 0. The van der Waals surface area contributed by atoms with Crippen molar-refractivity contribution in [1.29, 1.82) is 0 Å². The summed E-state index contributed by atoms with van der Waals surface area (Å²) >= 11 is 0. The van der Waals surface area contributed by atoms with Crippen LogP contribution in [-0.4, -0.2) is 32.1 Å². The summed E-state index contributed by atoms with van der Waals surface area (Å²) in [5, 5.41) is 0. The molecule has 0 aliphatic carbocycles. The summed E-state index contributed by atoms with van der Waals surface area (Å²) in [6.07, 6.45) is 0. The van der Waals surface area contributed by atoms with Crippen molar-refractivity contribution in [2.45, 2.75) is 0 Å². The average molecular weight is 99.2 g/mol. The van der Waals surface area contributed by atoms with Crippen LogP contribution in [0, 0.1) is 0 Å². The van der Waals surface area contributed by atoms with Crippen LogP contribution in [0.4, 0.5) is 0 Å².